The van der Waals surface area contributed by atoms with Crippen LogP contribution in [-0.4, -0.2) is 55.5 Å². The molecule has 0 spiro atoms. The molecule has 2 heterocycles. The standard InChI is InChI=1S/C11H15NO5/c1-16-11(15)8-6-12(10(14)9(8)13)5-7-3-2-4-17-7/h7-8H,2-6H2,1H3/t7-,8-/m1/s1. The van der Waals surface area contributed by atoms with E-state index in [-0.39, 0.29) is 12.6 Å². The summed E-state index contributed by atoms with van der Waals surface area (Å²) in [5.74, 6) is -2.88. The minimum Gasteiger partial charge on any atom is -0.468 e. The molecule has 6 heteroatoms. The summed E-state index contributed by atoms with van der Waals surface area (Å²) < 4.78 is 9.90. The molecular weight excluding hydrogens is 226 g/mol. The van der Waals surface area contributed by atoms with Gasteiger partial charge in [-0.3, -0.25) is 14.4 Å². The van der Waals surface area contributed by atoms with Gasteiger partial charge in [0.05, 0.1) is 13.2 Å². The molecule has 2 aliphatic rings. The van der Waals surface area contributed by atoms with Crippen molar-refractivity contribution in [2.75, 3.05) is 26.8 Å². The first-order valence-electron chi connectivity index (χ1n) is 5.66. The third-order valence-electron chi connectivity index (χ3n) is 3.15. The second-order valence-corrected chi connectivity index (χ2v) is 4.29. The summed E-state index contributed by atoms with van der Waals surface area (Å²) in [4.78, 5) is 35.9. The normalized spacial score (nSPS) is 28.9. The van der Waals surface area contributed by atoms with E-state index in [0.717, 1.165) is 12.8 Å². The molecule has 17 heavy (non-hydrogen) atoms. The van der Waals surface area contributed by atoms with Crippen LogP contribution in [0, 0.1) is 5.92 Å². The van der Waals surface area contributed by atoms with E-state index in [9.17, 15) is 14.4 Å². The summed E-state index contributed by atoms with van der Waals surface area (Å²) in [7, 11) is 1.21. The minimum absolute atomic E-state index is 0.0110. The van der Waals surface area contributed by atoms with Gasteiger partial charge < -0.3 is 14.4 Å². The fourth-order valence-electron chi connectivity index (χ4n) is 2.21. The number of nitrogens with zero attached hydrogens (tertiary/aromatic N) is 1. The van der Waals surface area contributed by atoms with Gasteiger partial charge in [-0.2, -0.15) is 0 Å². The van der Waals surface area contributed by atoms with Crippen LogP contribution in [0.4, 0.5) is 0 Å². The lowest BCUT2D eigenvalue weighted by Gasteiger charge is -2.19. The van der Waals surface area contributed by atoms with Gasteiger partial charge in [0.15, 0.2) is 0 Å². The summed E-state index contributed by atoms with van der Waals surface area (Å²) in [6.45, 7) is 1.20. The molecule has 0 aromatic rings. The van der Waals surface area contributed by atoms with Crippen molar-refractivity contribution in [3.05, 3.63) is 0 Å². The second kappa shape index (κ2) is 4.83. The largest absolute Gasteiger partial charge is 0.468 e. The predicted octanol–water partition coefficient (Wildman–Crippen LogP) is -0.634. The summed E-state index contributed by atoms with van der Waals surface area (Å²) >= 11 is 0. The summed E-state index contributed by atoms with van der Waals surface area (Å²) in [5.41, 5.74) is 0. The Morgan fingerprint density at radius 1 is 1.53 bits per heavy atom. The molecule has 94 valence electrons. The predicted molar refractivity (Wildman–Crippen MR) is 56.1 cm³/mol. The van der Waals surface area contributed by atoms with Crippen molar-refractivity contribution in [2.45, 2.75) is 18.9 Å². The van der Waals surface area contributed by atoms with Gasteiger partial charge in [0, 0.05) is 19.7 Å². The molecule has 2 atom stereocenters. The van der Waals surface area contributed by atoms with E-state index >= 15 is 0 Å². The van der Waals surface area contributed by atoms with Crippen LogP contribution >= 0.6 is 0 Å². The van der Waals surface area contributed by atoms with E-state index < -0.39 is 23.6 Å². The molecule has 0 radical (unpaired) electrons. The topological polar surface area (TPSA) is 72.9 Å². The van der Waals surface area contributed by atoms with E-state index in [0.29, 0.717) is 13.2 Å². The zero-order valence-electron chi connectivity index (χ0n) is 9.68. The zero-order valence-corrected chi connectivity index (χ0v) is 9.68. The fraction of sp³-hybridized carbons (Fsp3) is 0.727. The van der Waals surface area contributed by atoms with Crippen molar-refractivity contribution in [2.24, 2.45) is 5.92 Å². The Morgan fingerprint density at radius 3 is 2.88 bits per heavy atom. The number of likely N-dealkylation sites (tertiary alicyclic amines) is 1. The zero-order chi connectivity index (χ0) is 12.4. The van der Waals surface area contributed by atoms with Gasteiger partial charge in [-0.1, -0.05) is 0 Å². The van der Waals surface area contributed by atoms with Crippen molar-refractivity contribution in [1.82, 2.24) is 4.90 Å². The molecule has 0 unspecified atom stereocenters. The average molecular weight is 241 g/mol. The highest BCUT2D eigenvalue weighted by Crippen LogP contribution is 2.20. The third-order valence-corrected chi connectivity index (χ3v) is 3.15. The fourth-order valence-corrected chi connectivity index (χ4v) is 2.21. The number of ether oxygens (including phenoxy) is 2. The maximum atomic E-state index is 11.6. The number of carbonyl (C=O) groups is 3. The van der Waals surface area contributed by atoms with Crippen molar-refractivity contribution >= 4 is 17.7 Å². The molecule has 2 fully saturated rings. The number of esters is 1. The van der Waals surface area contributed by atoms with Gasteiger partial charge in [-0.05, 0) is 12.8 Å². The molecule has 0 saturated carbocycles. The first-order valence-corrected chi connectivity index (χ1v) is 5.66. The summed E-state index contributed by atoms with van der Waals surface area (Å²) in [6, 6.07) is 0. The molecule has 1 amide bonds. The highest BCUT2D eigenvalue weighted by atomic mass is 16.5. The Balaban J connectivity index is 1.98. The molecule has 0 bridgehead atoms. The molecule has 0 aromatic heterocycles. The molecule has 0 aliphatic carbocycles. The summed E-state index contributed by atoms with van der Waals surface area (Å²) in [6.07, 6.45) is 1.85. The maximum Gasteiger partial charge on any atom is 0.318 e. The Morgan fingerprint density at radius 2 is 2.29 bits per heavy atom. The molecule has 2 aliphatic heterocycles. The highest BCUT2D eigenvalue weighted by molar-refractivity contribution is 6.42. The lowest BCUT2D eigenvalue weighted by atomic mass is 10.1. The first-order chi connectivity index (χ1) is 8.13. The summed E-state index contributed by atoms with van der Waals surface area (Å²) in [5, 5.41) is 0. The number of amides is 1. The number of rotatable bonds is 3. The number of hydrogen-bond donors (Lipinski definition) is 0. The van der Waals surface area contributed by atoms with Crippen molar-refractivity contribution in [3.8, 4) is 0 Å². The first kappa shape index (κ1) is 12.0. The second-order valence-electron chi connectivity index (χ2n) is 4.29. The van der Waals surface area contributed by atoms with Gasteiger partial charge in [0.1, 0.15) is 5.92 Å². The van der Waals surface area contributed by atoms with E-state index in [4.69, 9.17) is 4.74 Å². The van der Waals surface area contributed by atoms with Crippen LogP contribution in [0.3, 0.4) is 0 Å². The van der Waals surface area contributed by atoms with Crippen LogP contribution in [0.2, 0.25) is 0 Å². The monoisotopic (exact) mass is 241 g/mol. The molecular formula is C11H15NO5. The number of carbonyl (C=O) groups excluding carboxylic acids is 3. The Kier molecular flexibility index (Phi) is 3.42. The Hall–Kier alpha value is -1.43. The van der Waals surface area contributed by atoms with Crippen LogP contribution in [0.25, 0.3) is 0 Å². The smallest absolute Gasteiger partial charge is 0.318 e. The van der Waals surface area contributed by atoms with Crippen molar-refractivity contribution in [1.29, 1.82) is 0 Å². The van der Waals surface area contributed by atoms with Gasteiger partial charge >= 0.3 is 5.97 Å². The average Bonchev–Trinajstić information content (AvgIpc) is 2.92. The van der Waals surface area contributed by atoms with Crippen LogP contribution < -0.4 is 0 Å². The molecule has 0 aromatic carbocycles. The highest BCUT2D eigenvalue weighted by Gasteiger charge is 2.44. The number of Topliss-reactive ketones (excluding diaryl/α,β-unsaturated/α-hetero) is 1. The van der Waals surface area contributed by atoms with E-state index in [1.54, 1.807) is 0 Å². The van der Waals surface area contributed by atoms with E-state index in [2.05, 4.69) is 4.74 Å². The van der Waals surface area contributed by atoms with Gasteiger partial charge in [0.25, 0.3) is 5.91 Å². The Labute approximate surface area is 98.8 Å². The maximum absolute atomic E-state index is 11.6. The quantitative estimate of drug-likeness (QED) is 0.373. The molecule has 0 N–H and O–H groups in total. The molecule has 2 rings (SSSR count). The minimum atomic E-state index is -0.964. The SMILES string of the molecule is COC(=O)[C@@H]1CN(C[C@H]2CCCO2)C(=O)C1=O. The number of methoxy groups -OCH3 is 1. The van der Waals surface area contributed by atoms with Gasteiger partial charge in [-0.15, -0.1) is 0 Å². The number of hydrogen-bond acceptors (Lipinski definition) is 5. The van der Waals surface area contributed by atoms with E-state index in [1.165, 1.54) is 12.0 Å². The Bertz CT molecular complexity index is 348. The molecule has 6 nitrogen and oxygen atoms in total. The van der Waals surface area contributed by atoms with Crippen LogP contribution in [0.15, 0.2) is 0 Å². The van der Waals surface area contributed by atoms with Crippen LogP contribution in [-0.2, 0) is 23.9 Å². The van der Waals surface area contributed by atoms with Crippen molar-refractivity contribution < 1.29 is 23.9 Å². The van der Waals surface area contributed by atoms with E-state index in [1.807, 2.05) is 0 Å². The lowest BCUT2D eigenvalue weighted by molar-refractivity contribution is -0.150. The molecule has 2 saturated heterocycles. The lowest BCUT2D eigenvalue weighted by Crippen LogP contribution is -2.34. The van der Waals surface area contributed by atoms with Gasteiger partial charge in [0.2, 0.25) is 5.78 Å². The number of ketones is 1. The van der Waals surface area contributed by atoms with Crippen LogP contribution in [0.5, 0.6) is 0 Å². The van der Waals surface area contributed by atoms with Crippen LogP contribution in [0.1, 0.15) is 12.8 Å². The van der Waals surface area contributed by atoms with Gasteiger partial charge in [-0.25, -0.2) is 0 Å². The van der Waals surface area contributed by atoms with Crippen molar-refractivity contribution in [3.63, 3.8) is 0 Å². The third kappa shape index (κ3) is 2.31.